The van der Waals surface area contributed by atoms with Crippen LogP contribution in [0, 0.1) is 11.5 Å². The average molecular weight is 396 g/mol. The Balaban J connectivity index is 1.88. The molecule has 2 aromatic carbocycles. The molecule has 9 heteroatoms. The van der Waals surface area contributed by atoms with Gasteiger partial charge < -0.3 is 14.4 Å². The van der Waals surface area contributed by atoms with E-state index in [0.29, 0.717) is 23.0 Å². The molecule has 0 saturated carbocycles. The van der Waals surface area contributed by atoms with Gasteiger partial charge in [0.1, 0.15) is 17.2 Å². The standard InChI is InChI=1S/C18H13ClF3N3O2/c1-10-17(24-9-23)25(2)14-5-4-12(8-16(14)26-10)27-15-6-3-11(7-13(15)19)18(20,21)22/h3-8,10H,1-2H3/b24-17+. The molecule has 1 atom stereocenters. The summed E-state index contributed by atoms with van der Waals surface area (Å²) in [6.07, 6.45) is -3.19. The molecule has 5 nitrogen and oxygen atoms in total. The fourth-order valence-corrected chi connectivity index (χ4v) is 2.89. The third-order valence-electron chi connectivity index (χ3n) is 3.96. The van der Waals surface area contributed by atoms with Gasteiger partial charge in [0.05, 0.1) is 16.3 Å². The Morgan fingerprint density at radius 1 is 1.26 bits per heavy atom. The number of rotatable bonds is 2. The molecule has 0 bridgehead atoms. The van der Waals surface area contributed by atoms with E-state index in [1.54, 1.807) is 43.3 Å². The number of hydrogen-bond donors (Lipinski definition) is 0. The van der Waals surface area contributed by atoms with Crippen molar-refractivity contribution in [3.05, 3.63) is 47.0 Å². The molecule has 1 heterocycles. The summed E-state index contributed by atoms with van der Waals surface area (Å²) in [5.41, 5.74) is -0.179. The van der Waals surface area contributed by atoms with E-state index in [1.165, 1.54) is 0 Å². The number of aliphatic imine (C=N–C) groups is 1. The number of amidine groups is 1. The van der Waals surface area contributed by atoms with Gasteiger partial charge in [-0.25, -0.2) is 0 Å². The van der Waals surface area contributed by atoms with Crippen molar-refractivity contribution in [1.82, 2.24) is 0 Å². The molecule has 1 unspecified atom stereocenters. The highest BCUT2D eigenvalue weighted by atomic mass is 35.5. The predicted octanol–water partition coefficient (Wildman–Crippen LogP) is 5.25. The minimum Gasteiger partial charge on any atom is -0.480 e. The van der Waals surface area contributed by atoms with Gasteiger partial charge in [-0.05, 0) is 37.3 Å². The van der Waals surface area contributed by atoms with Crippen LogP contribution < -0.4 is 14.4 Å². The van der Waals surface area contributed by atoms with Gasteiger partial charge in [0.2, 0.25) is 6.19 Å². The van der Waals surface area contributed by atoms with E-state index in [2.05, 4.69) is 4.99 Å². The maximum atomic E-state index is 12.7. The van der Waals surface area contributed by atoms with Crippen LogP contribution in [-0.2, 0) is 6.18 Å². The first-order chi connectivity index (χ1) is 12.7. The molecule has 0 amide bonds. The summed E-state index contributed by atoms with van der Waals surface area (Å²) in [5, 5.41) is 8.63. The van der Waals surface area contributed by atoms with Crippen LogP contribution in [0.15, 0.2) is 41.4 Å². The molecule has 27 heavy (non-hydrogen) atoms. The van der Waals surface area contributed by atoms with Gasteiger partial charge in [0, 0.05) is 13.1 Å². The summed E-state index contributed by atoms with van der Waals surface area (Å²) in [6.45, 7) is 1.75. The van der Waals surface area contributed by atoms with E-state index in [-0.39, 0.29) is 10.8 Å². The third-order valence-corrected chi connectivity index (χ3v) is 4.25. The molecule has 140 valence electrons. The van der Waals surface area contributed by atoms with Gasteiger partial charge in [-0.2, -0.15) is 23.4 Å². The summed E-state index contributed by atoms with van der Waals surface area (Å²) in [4.78, 5) is 5.48. The second-order valence-corrected chi connectivity index (χ2v) is 6.17. The van der Waals surface area contributed by atoms with E-state index < -0.39 is 17.8 Å². The monoisotopic (exact) mass is 395 g/mol. The Bertz CT molecular complexity index is 954. The first kappa shape index (κ1) is 18.9. The highest BCUT2D eigenvalue weighted by Gasteiger charge is 2.31. The molecule has 0 fully saturated rings. The second-order valence-electron chi connectivity index (χ2n) is 5.76. The lowest BCUT2D eigenvalue weighted by Crippen LogP contribution is -2.42. The lowest BCUT2D eigenvalue weighted by atomic mass is 10.2. The predicted molar refractivity (Wildman–Crippen MR) is 94.5 cm³/mol. The van der Waals surface area contributed by atoms with Gasteiger partial charge in [0.15, 0.2) is 11.9 Å². The van der Waals surface area contributed by atoms with Gasteiger partial charge in [-0.1, -0.05) is 11.6 Å². The summed E-state index contributed by atoms with van der Waals surface area (Å²) in [6, 6.07) is 7.79. The van der Waals surface area contributed by atoms with E-state index in [0.717, 1.165) is 18.2 Å². The van der Waals surface area contributed by atoms with E-state index in [9.17, 15) is 13.2 Å². The van der Waals surface area contributed by atoms with Crippen molar-refractivity contribution >= 4 is 23.1 Å². The maximum Gasteiger partial charge on any atom is 0.416 e. The molecule has 0 spiro atoms. The number of nitrogens with zero attached hydrogens (tertiary/aromatic N) is 3. The molecule has 3 rings (SSSR count). The van der Waals surface area contributed by atoms with E-state index >= 15 is 0 Å². The largest absolute Gasteiger partial charge is 0.480 e. The minimum atomic E-state index is -4.48. The first-order valence-corrected chi connectivity index (χ1v) is 8.14. The maximum absolute atomic E-state index is 12.7. The second kappa shape index (κ2) is 7.00. The molecular formula is C18H13ClF3N3O2. The Hall–Kier alpha value is -2.92. The zero-order valence-corrected chi connectivity index (χ0v) is 15.0. The van der Waals surface area contributed by atoms with Crippen LogP contribution in [0.3, 0.4) is 0 Å². The van der Waals surface area contributed by atoms with Gasteiger partial charge in [-0.3, -0.25) is 0 Å². The number of benzene rings is 2. The number of anilines is 1. The Morgan fingerprint density at radius 3 is 2.63 bits per heavy atom. The Kier molecular flexibility index (Phi) is 4.89. The van der Waals surface area contributed by atoms with E-state index in [1.807, 2.05) is 0 Å². The summed E-state index contributed by atoms with van der Waals surface area (Å²) >= 11 is 5.92. The molecule has 0 N–H and O–H groups in total. The molecule has 1 aliphatic rings. The first-order valence-electron chi connectivity index (χ1n) is 7.76. The third kappa shape index (κ3) is 3.78. The van der Waals surface area contributed by atoms with Crippen molar-refractivity contribution < 1.29 is 22.6 Å². The molecular weight excluding hydrogens is 383 g/mol. The van der Waals surface area contributed by atoms with Crippen LogP contribution in [0.4, 0.5) is 18.9 Å². The van der Waals surface area contributed by atoms with Crippen molar-refractivity contribution in [3.63, 3.8) is 0 Å². The molecule has 0 radical (unpaired) electrons. The van der Waals surface area contributed by atoms with Crippen LogP contribution in [0.1, 0.15) is 12.5 Å². The topological polar surface area (TPSA) is 57.9 Å². The summed E-state index contributed by atoms with van der Waals surface area (Å²) in [5.74, 6) is 1.39. The minimum absolute atomic E-state index is 0.0913. The molecule has 0 aromatic heterocycles. The van der Waals surface area contributed by atoms with Crippen LogP contribution >= 0.6 is 11.6 Å². The van der Waals surface area contributed by atoms with Crippen LogP contribution in [-0.4, -0.2) is 19.0 Å². The van der Waals surface area contributed by atoms with Crippen molar-refractivity contribution in [1.29, 1.82) is 5.26 Å². The quantitative estimate of drug-likeness (QED) is 0.652. The fraction of sp³-hybridized carbons (Fsp3) is 0.222. The fourth-order valence-electron chi connectivity index (χ4n) is 2.67. The normalized spacial score (nSPS) is 17.9. The number of halogens is 4. The van der Waals surface area contributed by atoms with Crippen LogP contribution in [0.2, 0.25) is 5.02 Å². The van der Waals surface area contributed by atoms with Crippen molar-refractivity contribution in [2.45, 2.75) is 19.2 Å². The van der Waals surface area contributed by atoms with Crippen molar-refractivity contribution in [2.75, 3.05) is 11.9 Å². The van der Waals surface area contributed by atoms with Gasteiger partial charge >= 0.3 is 6.18 Å². The highest BCUT2D eigenvalue weighted by molar-refractivity contribution is 6.32. The van der Waals surface area contributed by atoms with E-state index in [4.69, 9.17) is 26.3 Å². The molecule has 1 aliphatic heterocycles. The number of fused-ring (bicyclic) bond motifs is 1. The van der Waals surface area contributed by atoms with Crippen LogP contribution in [0.5, 0.6) is 17.2 Å². The molecule has 0 saturated heterocycles. The Morgan fingerprint density at radius 2 is 2.00 bits per heavy atom. The smallest absolute Gasteiger partial charge is 0.416 e. The SMILES string of the molecule is CC1Oc2cc(Oc3ccc(C(F)(F)F)cc3Cl)ccc2N(C)/C1=N/C#N. The lowest BCUT2D eigenvalue weighted by molar-refractivity contribution is -0.137. The number of hydrogen-bond acceptors (Lipinski definition) is 4. The number of ether oxygens (including phenoxy) is 2. The zero-order valence-electron chi connectivity index (χ0n) is 14.2. The van der Waals surface area contributed by atoms with Crippen molar-refractivity contribution in [3.8, 4) is 23.4 Å². The van der Waals surface area contributed by atoms with Crippen molar-refractivity contribution in [2.24, 2.45) is 4.99 Å². The Labute approximate surface area is 158 Å². The number of likely N-dealkylation sites (N-methyl/N-ethyl adjacent to an activating group) is 1. The average Bonchev–Trinajstić information content (AvgIpc) is 2.59. The number of nitriles is 1. The highest BCUT2D eigenvalue weighted by Crippen LogP contribution is 2.40. The lowest BCUT2D eigenvalue weighted by Gasteiger charge is -2.32. The van der Waals surface area contributed by atoms with Gasteiger partial charge in [-0.15, -0.1) is 0 Å². The van der Waals surface area contributed by atoms with Crippen LogP contribution in [0.25, 0.3) is 0 Å². The van der Waals surface area contributed by atoms with Gasteiger partial charge in [0.25, 0.3) is 0 Å². The summed E-state index contributed by atoms with van der Waals surface area (Å²) < 4.78 is 49.5. The molecule has 0 aliphatic carbocycles. The summed E-state index contributed by atoms with van der Waals surface area (Å²) in [7, 11) is 1.75. The zero-order chi connectivity index (χ0) is 19.8. The molecule has 2 aromatic rings. The number of alkyl halides is 3.